The molecule has 1 aliphatic rings. The van der Waals surface area contributed by atoms with Gasteiger partial charge in [-0.2, -0.15) is 10.2 Å². The van der Waals surface area contributed by atoms with E-state index in [9.17, 15) is 9.18 Å². The van der Waals surface area contributed by atoms with Crippen molar-refractivity contribution in [3.8, 4) is 17.2 Å². The van der Waals surface area contributed by atoms with Gasteiger partial charge in [0, 0.05) is 43.0 Å². The van der Waals surface area contributed by atoms with Crippen LogP contribution in [0.1, 0.15) is 49.2 Å². The molecule has 6 rings (SSSR count). The number of fused-ring (bicyclic) bond motifs is 2. The number of nitrogens with one attached hydrogen (secondary N) is 1. The number of hydrogen-bond donors (Lipinski definition) is 1. The second-order valence-corrected chi connectivity index (χ2v) is 10.8. The van der Waals surface area contributed by atoms with Gasteiger partial charge in [0.1, 0.15) is 11.6 Å². The number of benzene rings is 2. The predicted molar refractivity (Wildman–Crippen MR) is 142 cm³/mol. The molecule has 38 heavy (non-hydrogen) atoms. The number of nitrogens with zero attached hydrogens (tertiary/aromatic N) is 6. The van der Waals surface area contributed by atoms with Gasteiger partial charge < -0.3 is 5.32 Å². The first kappa shape index (κ1) is 24.3. The number of imidazole rings is 1. The molecular weight excluding hydrogens is 488 g/mol. The largest absolute Gasteiger partial charge is 0.338 e. The molecule has 1 aliphatic heterocycles. The van der Waals surface area contributed by atoms with Crippen LogP contribution in [0, 0.1) is 25.5 Å². The minimum Gasteiger partial charge on any atom is -0.309 e. The molecule has 0 aliphatic carbocycles. The third kappa shape index (κ3) is 3.39. The van der Waals surface area contributed by atoms with Crippen molar-refractivity contribution >= 4 is 10.9 Å². The van der Waals surface area contributed by atoms with Crippen LogP contribution in [-0.2, 0) is 12.5 Å². The zero-order valence-corrected chi connectivity index (χ0v) is 22.2. The normalized spacial score (nSPS) is 16.8. The molecule has 0 spiro atoms. The summed E-state index contributed by atoms with van der Waals surface area (Å²) in [5.41, 5.74) is 3.38. The second kappa shape index (κ2) is 8.22. The van der Waals surface area contributed by atoms with Gasteiger partial charge in [-0.25, -0.2) is 18.3 Å². The lowest BCUT2D eigenvalue weighted by molar-refractivity contribution is 0.386. The molecule has 1 atom stereocenters. The second-order valence-electron chi connectivity index (χ2n) is 10.8. The summed E-state index contributed by atoms with van der Waals surface area (Å²) in [5, 5.41) is 13.0. The van der Waals surface area contributed by atoms with Gasteiger partial charge in [-0.15, -0.1) is 0 Å². The van der Waals surface area contributed by atoms with Crippen molar-refractivity contribution in [2.24, 2.45) is 7.05 Å². The summed E-state index contributed by atoms with van der Waals surface area (Å²) >= 11 is 0. The standard InChI is InChI=1S/C28H29F2N7O/c1-15-11-18(12-16(2)23(15)29)37-26(22-17(3)31-14-28(4,5)25(22)33-37)36-10-9-35(27(36)38)21-8-7-20-19(24(21)30)13-32-34(20)6/h7-13,17,31H,14H2,1-6H3/t17-/m0/s1. The summed E-state index contributed by atoms with van der Waals surface area (Å²) in [6.45, 7) is 10.4. The molecule has 1 N–H and O–H groups in total. The zero-order valence-electron chi connectivity index (χ0n) is 22.2. The number of hydrogen-bond acceptors (Lipinski definition) is 4. The Kier molecular flexibility index (Phi) is 5.26. The van der Waals surface area contributed by atoms with E-state index in [2.05, 4.69) is 24.3 Å². The van der Waals surface area contributed by atoms with E-state index in [1.807, 2.05) is 6.92 Å². The maximum Gasteiger partial charge on any atom is 0.338 e. The van der Waals surface area contributed by atoms with Crippen molar-refractivity contribution in [3.63, 3.8) is 0 Å². The lowest BCUT2D eigenvalue weighted by Crippen LogP contribution is -2.41. The van der Waals surface area contributed by atoms with Crippen molar-refractivity contribution in [1.82, 2.24) is 34.0 Å². The minimum absolute atomic E-state index is 0.0943. The van der Waals surface area contributed by atoms with Gasteiger partial charge in [0.2, 0.25) is 0 Å². The monoisotopic (exact) mass is 517 g/mol. The minimum atomic E-state index is -0.521. The first-order valence-corrected chi connectivity index (χ1v) is 12.5. The number of aromatic nitrogens is 6. The van der Waals surface area contributed by atoms with Crippen molar-refractivity contribution < 1.29 is 8.78 Å². The molecule has 0 unspecified atom stereocenters. The summed E-state index contributed by atoms with van der Waals surface area (Å²) in [7, 11) is 1.74. The Morgan fingerprint density at radius 1 is 1.05 bits per heavy atom. The number of rotatable bonds is 3. The van der Waals surface area contributed by atoms with E-state index in [1.54, 1.807) is 66.9 Å². The van der Waals surface area contributed by atoms with Crippen LogP contribution in [0.3, 0.4) is 0 Å². The van der Waals surface area contributed by atoms with Gasteiger partial charge in [-0.1, -0.05) is 13.8 Å². The van der Waals surface area contributed by atoms with E-state index in [0.29, 0.717) is 40.1 Å². The molecule has 10 heteroatoms. The van der Waals surface area contributed by atoms with Crippen molar-refractivity contribution in [2.45, 2.75) is 46.1 Å². The molecule has 5 aromatic rings. The van der Waals surface area contributed by atoms with E-state index < -0.39 is 11.5 Å². The summed E-state index contributed by atoms with van der Waals surface area (Å²) in [6, 6.07) is 6.69. The zero-order chi connectivity index (χ0) is 27.1. The molecule has 0 fully saturated rings. The molecule has 0 bridgehead atoms. The van der Waals surface area contributed by atoms with Crippen LogP contribution >= 0.6 is 0 Å². The van der Waals surface area contributed by atoms with Gasteiger partial charge in [0.15, 0.2) is 5.82 Å². The van der Waals surface area contributed by atoms with Crippen molar-refractivity contribution in [2.75, 3.05) is 6.54 Å². The summed E-state index contributed by atoms with van der Waals surface area (Å²) in [4.78, 5) is 13.9. The first-order chi connectivity index (χ1) is 18.0. The Balaban J connectivity index is 1.62. The van der Waals surface area contributed by atoms with E-state index in [4.69, 9.17) is 5.10 Å². The van der Waals surface area contributed by atoms with Crippen LogP contribution in [0.15, 0.2) is 47.7 Å². The molecule has 196 valence electrons. The molecule has 0 radical (unpaired) electrons. The quantitative estimate of drug-likeness (QED) is 0.382. The van der Waals surface area contributed by atoms with Crippen molar-refractivity contribution in [1.29, 1.82) is 0 Å². The average Bonchev–Trinajstić information content (AvgIpc) is 3.56. The van der Waals surface area contributed by atoms with Gasteiger partial charge in [-0.05, 0) is 56.2 Å². The highest BCUT2D eigenvalue weighted by Crippen LogP contribution is 2.38. The summed E-state index contributed by atoms with van der Waals surface area (Å²) in [6.07, 6.45) is 4.64. The van der Waals surface area contributed by atoms with Gasteiger partial charge in [0.25, 0.3) is 0 Å². The Labute approximate surface area is 218 Å². The van der Waals surface area contributed by atoms with Crippen LogP contribution in [-0.4, -0.2) is 35.2 Å². The number of halogens is 2. The molecule has 8 nitrogen and oxygen atoms in total. The molecule has 2 aromatic carbocycles. The lowest BCUT2D eigenvalue weighted by Gasteiger charge is -2.33. The van der Waals surface area contributed by atoms with E-state index in [0.717, 1.165) is 11.3 Å². The maximum absolute atomic E-state index is 15.5. The van der Waals surface area contributed by atoms with Crippen LogP contribution < -0.4 is 11.0 Å². The third-order valence-electron chi connectivity index (χ3n) is 7.60. The SMILES string of the molecule is Cc1cc(-n2nc3c(c2-n2ccn(-c4ccc5c(cnn5C)c4F)c2=O)[C@H](C)NCC3(C)C)cc(C)c1F. The topological polar surface area (TPSA) is 74.6 Å². The lowest BCUT2D eigenvalue weighted by atomic mass is 9.81. The maximum atomic E-state index is 15.5. The third-order valence-corrected chi connectivity index (χ3v) is 7.60. The summed E-state index contributed by atoms with van der Waals surface area (Å²) in [5.74, 6) is -0.246. The highest BCUT2D eigenvalue weighted by Gasteiger charge is 2.38. The van der Waals surface area contributed by atoms with E-state index in [-0.39, 0.29) is 23.0 Å². The van der Waals surface area contributed by atoms with Crippen LogP contribution in [0.4, 0.5) is 8.78 Å². The molecular formula is C28H29F2N7O. The van der Waals surface area contributed by atoms with E-state index in [1.165, 1.54) is 15.3 Å². The fourth-order valence-electron chi connectivity index (χ4n) is 5.46. The number of aryl methyl sites for hydroxylation is 3. The Hall–Kier alpha value is -4.05. The van der Waals surface area contributed by atoms with E-state index >= 15 is 4.39 Å². The predicted octanol–water partition coefficient (Wildman–Crippen LogP) is 4.54. The van der Waals surface area contributed by atoms with Gasteiger partial charge >= 0.3 is 5.69 Å². The average molecular weight is 518 g/mol. The molecule has 0 saturated carbocycles. The highest BCUT2D eigenvalue weighted by atomic mass is 19.1. The van der Waals surface area contributed by atoms with Crippen LogP contribution in [0.2, 0.25) is 0 Å². The van der Waals surface area contributed by atoms with Gasteiger partial charge in [-0.3, -0.25) is 13.8 Å². The molecule has 0 saturated heterocycles. The Morgan fingerprint density at radius 3 is 2.45 bits per heavy atom. The molecule has 4 heterocycles. The Morgan fingerprint density at radius 2 is 1.74 bits per heavy atom. The molecule has 3 aromatic heterocycles. The first-order valence-electron chi connectivity index (χ1n) is 12.5. The smallest absolute Gasteiger partial charge is 0.309 e. The van der Waals surface area contributed by atoms with Crippen LogP contribution in [0.25, 0.3) is 28.1 Å². The highest BCUT2D eigenvalue weighted by molar-refractivity contribution is 5.81. The fourth-order valence-corrected chi connectivity index (χ4v) is 5.46. The van der Waals surface area contributed by atoms with Crippen molar-refractivity contribution in [3.05, 3.63) is 87.4 Å². The Bertz CT molecular complexity index is 1780. The van der Waals surface area contributed by atoms with Gasteiger partial charge in [0.05, 0.1) is 34.2 Å². The van der Waals surface area contributed by atoms with Crippen LogP contribution in [0.5, 0.6) is 0 Å². The molecule has 0 amide bonds. The summed E-state index contributed by atoms with van der Waals surface area (Å²) < 4.78 is 36.1. The fraction of sp³-hybridized carbons (Fsp3) is 0.321.